The molecule has 0 atom stereocenters. The summed E-state index contributed by atoms with van der Waals surface area (Å²) in [6.07, 6.45) is 1.06. The molecule has 1 rings (SSSR count). The average Bonchev–Trinajstić information content (AvgIpc) is 2.16. The van der Waals surface area contributed by atoms with E-state index >= 15 is 0 Å². The van der Waals surface area contributed by atoms with Crippen molar-refractivity contribution in [3.63, 3.8) is 0 Å². The largest absolute Gasteiger partial charge is 0.308 e. The van der Waals surface area contributed by atoms with Crippen LogP contribution in [0.1, 0.15) is 46.6 Å². The van der Waals surface area contributed by atoms with Crippen LogP contribution in [-0.2, 0) is 6.54 Å². The van der Waals surface area contributed by atoms with Crippen LogP contribution in [0, 0.1) is 11.2 Å². The summed E-state index contributed by atoms with van der Waals surface area (Å²) >= 11 is 3.45. The van der Waals surface area contributed by atoms with Crippen LogP contribution in [0.5, 0.6) is 0 Å². The van der Waals surface area contributed by atoms with Gasteiger partial charge in [0, 0.05) is 16.6 Å². The van der Waals surface area contributed by atoms with E-state index in [1.807, 2.05) is 0 Å². The number of nitrogens with one attached hydrogen (secondary N) is 1. The molecule has 0 aliphatic carbocycles. The molecule has 0 aliphatic rings. The molecule has 0 aliphatic heterocycles. The molecule has 1 aromatic carbocycles. The smallest absolute Gasteiger partial charge is 0.123 e. The molecule has 0 unspecified atom stereocenters. The lowest BCUT2D eigenvalue weighted by molar-refractivity contribution is 0.240. The normalized spacial score (nSPS) is 12.8. The topological polar surface area (TPSA) is 12.0 Å². The van der Waals surface area contributed by atoms with Gasteiger partial charge in [-0.2, -0.15) is 0 Å². The molecule has 0 saturated heterocycles. The maximum atomic E-state index is 13.2. The van der Waals surface area contributed by atoms with Crippen LogP contribution in [0.4, 0.5) is 4.39 Å². The second kappa shape index (κ2) is 5.70. The zero-order valence-corrected chi connectivity index (χ0v) is 13.5. The molecule has 0 aromatic heterocycles. The standard InChI is InChI=1S/C15H23BrFN/c1-14(2,3)10-15(4,5)18-9-11-8-12(17)6-7-13(11)16/h6-8,18H,9-10H2,1-5H3. The minimum atomic E-state index is -0.191. The molecular formula is C15H23BrFN. The summed E-state index contributed by atoms with van der Waals surface area (Å²) < 4.78 is 14.1. The van der Waals surface area contributed by atoms with Gasteiger partial charge in [-0.05, 0) is 49.4 Å². The minimum Gasteiger partial charge on any atom is -0.308 e. The molecule has 1 aromatic rings. The first-order valence-electron chi connectivity index (χ1n) is 6.28. The van der Waals surface area contributed by atoms with Gasteiger partial charge in [0.05, 0.1) is 0 Å². The molecule has 0 fully saturated rings. The van der Waals surface area contributed by atoms with E-state index in [9.17, 15) is 4.39 Å². The van der Waals surface area contributed by atoms with E-state index in [0.29, 0.717) is 6.54 Å². The fourth-order valence-corrected chi connectivity index (χ4v) is 2.79. The monoisotopic (exact) mass is 315 g/mol. The highest BCUT2D eigenvalue weighted by molar-refractivity contribution is 9.10. The summed E-state index contributed by atoms with van der Waals surface area (Å²) in [7, 11) is 0. The van der Waals surface area contributed by atoms with Crippen LogP contribution < -0.4 is 5.32 Å². The zero-order valence-electron chi connectivity index (χ0n) is 11.9. The van der Waals surface area contributed by atoms with Gasteiger partial charge in [-0.1, -0.05) is 36.7 Å². The quantitative estimate of drug-likeness (QED) is 0.834. The van der Waals surface area contributed by atoms with Crippen LogP contribution in [0.25, 0.3) is 0 Å². The average molecular weight is 316 g/mol. The third kappa shape index (κ3) is 5.49. The van der Waals surface area contributed by atoms with Crippen LogP contribution in [-0.4, -0.2) is 5.54 Å². The molecule has 0 heterocycles. The number of benzene rings is 1. The predicted octanol–water partition coefficient (Wildman–Crippen LogP) is 4.89. The number of rotatable bonds is 4. The SMILES string of the molecule is CC(C)(C)CC(C)(C)NCc1cc(F)ccc1Br. The molecular weight excluding hydrogens is 293 g/mol. The second-order valence-corrected chi connectivity index (χ2v) is 7.56. The van der Waals surface area contributed by atoms with Gasteiger partial charge in [-0.25, -0.2) is 4.39 Å². The minimum absolute atomic E-state index is 0.0318. The van der Waals surface area contributed by atoms with Crippen LogP contribution in [0.15, 0.2) is 22.7 Å². The van der Waals surface area contributed by atoms with Crippen LogP contribution in [0.3, 0.4) is 0 Å². The lowest BCUT2D eigenvalue weighted by Crippen LogP contribution is -2.41. The highest BCUT2D eigenvalue weighted by atomic mass is 79.9. The maximum Gasteiger partial charge on any atom is 0.123 e. The molecule has 3 heteroatoms. The van der Waals surface area contributed by atoms with Crippen LogP contribution in [0.2, 0.25) is 0 Å². The summed E-state index contributed by atoms with van der Waals surface area (Å²) in [5, 5.41) is 3.50. The van der Waals surface area contributed by atoms with Gasteiger partial charge in [0.2, 0.25) is 0 Å². The summed E-state index contributed by atoms with van der Waals surface area (Å²) in [5.74, 6) is -0.191. The Bertz CT molecular complexity index is 407. The Morgan fingerprint density at radius 2 is 1.78 bits per heavy atom. The van der Waals surface area contributed by atoms with Crippen molar-refractivity contribution >= 4 is 15.9 Å². The van der Waals surface area contributed by atoms with E-state index in [2.05, 4.69) is 55.9 Å². The van der Waals surface area contributed by atoms with Crippen molar-refractivity contribution in [3.05, 3.63) is 34.1 Å². The fourth-order valence-electron chi connectivity index (χ4n) is 2.40. The number of hydrogen-bond donors (Lipinski definition) is 1. The van der Waals surface area contributed by atoms with Crippen molar-refractivity contribution in [1.82, 2.24) is 5.32 Å². The Balaban J connectivity index is 2.67. The predicted molar refractivity (Wildman–Crippen MR) is 79.1 cm³/mol. The van der Waals surface area contributed by atoms with E-state index in [1.165, 1.54) is 6.07 Å². The summed E-state index contributed by atoms with van der Waals surface area (Å²) in [5.41, 5.74) is 1.26. The molecule has 0 amide bonds. The van der Waals surface area contributed by atoms with E-state index in [4.69, 9.17) is 0 Å². The van der Waals surface area contributed by atoms with Gasteiger partial charge >= 0.3 is 0 Å². The van der Waals surface area contributed by atoms with Gasteiger partial charge in [0.15, 0.2) is 0 Å². The summed E-state index contributed by atoms with van der Waals surface area (Å²) in [6.45, 7) is 11.7. The molecule has 0 spiro atoms. The molecule has 18 heavy (non-hydrogen) atoms. The lowest BCUT2D eigenvalue weighted by Gasteiger charge is -2.33. The van der Waals surface area contributed by atoms with Crippen molar-refractivity contribution in [1.29, 1.82) is 0 Å². The van der Waals surface area contributed by atoms with Gasteiger partial charge in [-0.15, -0.1) is 0 Å². The molecule has 1 nitrogen and oxygen atoms in total. The molecule has 102 valence electrons. The van der Waals surface area contributed by atoms with E-state index in [0.717, 1.165) is 16.5 Å². The van der Waals surface area contributed by atoms with E-state index < -0.39 is 0 Å². The lowest BCUT2D eigenvalue weighted by atomic mass is 9.82. The highest BCUT2D eigenvalue weighted by Crippen LogP contribution is 2.27. The van der Waals surface area contributed by atoms with Crippen molar-refractivity contribution in [2.24, 2.45) is 5.41 Å². The second-order valence-electron chi connectivity index (χ2n) is 6.71. The van der Waals surface area contributed by atoms with E-state index in [1.54, 1.807) is 12.1 Å². The van der Waals surface area contributed by atoms with Crippen molar-refractivity contribution < 1.29 is 4.39 Å². The first kappa shape index (κ1) is 15.6. The molecule has 1 N–H and O–H groups in total. The maximum absolute atomic E-state index is 13.2. The van der Waals surface area contributed by atoms with Crippen molar-refractivity contribution in [3.8, 4) is 0 Å². The van der Waals surface area contributed by atoms with Gasteiger partial charge in [0.1, 0.15) is 5.82 Å². The van der Waals surface area contributed by atoms with Gasteiger partial charge in [0.25, 0.3) is 0 Å². The van der Waals surface area contributed by atoms with Crippen LogP contribution >= 0.6 is 15.9 Å². The highest BCUT2D eigenvalue weighted by Gasteiger charge is 2.24. The molecule has 0 saturated carbocycles. The third-order valence-corrected chi connectivity index (χ3v) is 3.51. The first-order chi connectivity index (χ1) is 8.09. The molecule has 0 bridgehead atoms. The Hall–Kier alpha value is -0.410. The Morgan fingerprint density at radius 1 is 1.17 bits per heavy atom. The Morgan fingerprint density at radius 3 is 2.33 bits per heavy atom. The van der Waals surface area contributed by atoms with E-state index in [-0.39, 0.29) is 16.8 Å². The fraction of sp³-hybridized carbons (Fsp3) is 0.600. The third-order valence-electron chi connectivity index (χ3n) is 2.74. The number of hydrogen-bond acceptors (Lipinski definition) is 1. The van der Waals surface area contributed by atoms with Crippen molar-refractivity contribution in [2.45, 2.75) is 53.1 Å². The first-order valence-corrected chi connectivity index (χ1v) is 7.07. The zero-order chi connectivity index (χ0) is 14.0. The Labute approximate surface area is 118 Å². The number of halogens is 2. The van der Waals surface area contributed by atoms with Crippen molar-refractivity contribution in [2.75, 3.05) is 0 Å². The Kier molecular flexibility index (Phi) is 4.96. The summed E-state index contributed by atoms with van der Waals surface area (Å²) in [6, 6.07) is 4.79. The van der Waals surface area contributed by atoms with Gasteiger partial charge in [-0.3, -0.25) is 0 Å². The van der Waals surface area contributed by atoms with Gasteiger partial charge < -0.3 is 5.32 Å². The summed E-state index contributed by atoms with van der Waals surface area (Å²) in [4.78, 5) is 0. The molecule has 0 radical (unpaired) electrons.